The summed E-state index contributed by atoms with van der Waals surface area (Å²) in [6.07, 6.45) is 0. The summed E-state index contributed by atoms with van der Waals surface area (Å²) in [6, 6.07) is 6.52. The van der Waals surface area contributed by atoms with Gasteiger partial charge in [-0.15, -0.1) is 12.6 Å². The van der Waals surface area contributed by atoms with E-state index < -0.39 is 0 Å². The molecule has 0 N–H and O–H groups in total. The molecule has 1 heterocycles. The third kappa shape index (κ3) is 1.37. The van der Waals surface area contributed by atoms with Crippen molar-refractivity contribution < 1.29 is 9.15 Å². The Labute approximate surface area is 85.7 Å². The molecule has 0 atom stereocenters. The molecule has 0 radical (unpaired) electrons. The molecule has 0 unspecified atom stereocenters. The van der Waals surface area contributed by atoms with Crippen molar-refractivity contribution in [2.24, 2.45) is 0 Å². The number of benzene rings is 1. The van der Waals surface area contributed by atoms with E-state index in [0.717, 1.165) is 0 Å². The predicted molar refractivity (Wildman–Crippen MR) is 56.3 cm³/mol. The normalized spacial score (nSPS) is 10.4. The van der Waals surface area contributed by atoms with Gasteiger partial charge in [0.1, 0.15) is 16.7 Å². The molecule has 0 fully saturated rings. The SMILES string of the molecule is COc1cccc2oc(S)cc(=O)c12. The number of hydrogen-bond acceptors (Lipinski definition) is 4. The first-order chi connectivity index (χ1) is 6.72. The summed E-state index contributed by atoms with van der Waals surface area (Å²) in [4.78, 5) is 11.6. The van der Waals surface area contributed by atoms with Crippen molar-refractivity contribution in [3.8, 4) is 5.75 Å². The number of methoxy groups -OCH3 is 1. The molecular formula is C10H8O3S. The highest BCUT2D eigenvalue weighted by atomic mass is 32.1. The standard InChI is InChI=1S/C10H8O3S/c1-12-7-3-2-4-8-10(7)6(11)5-9(14)13-8/h2-5,14H,1H3. The van der Waals surface area contributed by atoms with Gasteiger partial charge < -0.3 is 9.15 Å². The van der Waals surface area contributed by atoms with Gasteiger partial charge in [0.15, 0.2) is 10.5 Å². The second kappa shape index (κ2) is 3.38. The number of hydrogen-bond donors (Lipinski definition) is 1. The maximum absolute atomic E-state index is 11.6. The summed E-state index contributed by atoms with van der Waals surface area (Å²) in [7, 11) is 1.52. The first-order valence-electron chi connectivity index (χ1n) is 4.02. The lowest BCUT2D eigenvalue weighted by molar-refractivity contribution is 0.417. The van der Waals surface area contributed by atoms with Crippen LogP contribution in [0.4, 0.5) is 0 Å². The van der Waals surface area contributed by atoms with E-state index in [1.165, 1.54) is 13.2 Å². The van der Waals surface area contributed by atoms with E-state index in [4.69, 9.17) is 9.15 Å². The molecule has 0 aliphatic carbocycles. The van der Waals surface area contributed by atoms with Crippen LogP contribution in [0.5, 0.6) is 5.75 Å². The third-order valence-electron chi connectivity index (χ3n) is 1.92. The van der Waals surface area contributed by atoms with Crippen molar-refractivity contribution in [3.05, 3.63) is 34.5 Å². The van der Waals surface area contributed by atoms with Crippen molar-refractivity contribution in [3.63, 3.8) is 0 Å². The monoisotopic (exact) mass is 208 g/mol. The van der Waals surface area contributed by atoms with Gasteiger partial charge in [-0.25, -0.2) is 0 Å². The summed E-state index contributed by atoms with van der Waals surface area (Å²) in [6.45, 7) is 0. The minimum absolute atomic E-state index is 0.145. The van der Waals surface area contributed by atoms with Crippen molar-refractivity contribution >= 4 is 23.6 Å². The van der Waals surface area contributed by atoms with E-state index in [2.05, 4.69) is 12.6 Å². The van der Waals surface area contributed by atoms with Gasteiger partial charge in [0, 0.05) is 6.07 Å². The second-order valence-corrected chi connectivity index (χ2v) is 3.22. The summed E-state index contributed by atoms with van der Waals surface area (Å²) in [5.41, 5.74) is 0.343. The Kier molecular flexibility index (Phi) is 2.21. The van der Waals surface area contributed by atoms with Crippen LogP contribution in [0.1, 0.15) is 0 Å². The largest absolute Gasteiger partial charge is 0.496 e. The van der Waals surface area contributed by atoms with Crippen molar-refractivity contribution in [1.29, 1.82) is 0 Å². The summed E-state index contributed by atoms with van der Waals surface area (Å²) in [5.74, 6) is 0.518. The van der Waals surface area contributed by atoms with Gasteiger partial charge in [-0.1, -0.05) is 6.07 Å². The lowest BCUT2D eigenvalue weighted by Crippen LogP contribution is -2.01. The maximum Gasteiger partial charge on any atom is 0.197 e. The van der Waals surface area contributed by atoms with E-state index in [1.54, 1.807) is 18.2 Å². The number of fused-ring (bicyclic) bond motifs is 1. The summed E-state index contributed by atoms with van der Waals surface area (Å²) < 4.78 is 10.3. The first-order valence-corrected chi connectivity index (χ1v) is 4.47. The lowest BCUT2D eigenvalue weighted by Gasteiger charge is -2.03. The highest BCUT2D eigenvalue weighted by Gasteiger charge is 2.07. The zero-order valence-electron chi connectivity index (χ0n) is 7.48. The quantitative estimate of drug-likeness (QED) is 0.729. The Balaban J connectivity index is 2.94. The topological polar surface area (TPSA) is 39.4 Å². The van der Waals surface area contributed by atoms with Crippen LogP contribution in [0.3, 0.4) is 0 Å². The molecule has 0 saturated heterocycles. The van der Waals surface area contributed by atoms with Gasteiger partial charge in [0.2, 0.25) is 0 Å². The molecule has 0 amide bonds. The van der Waals surface area contributed by atoms with Gasteiger partial charge >= 0.3 is 0 Å². The van der Waals surface area contributed by atoms with Crippen LogP contribution in [-0.2, 0) is 0 Å². The van der Waals surface area contributed by atoms with Crippen molar-refractivity contribution in [1.82, 2.24) is 0 Å². The Morgan fingerprint density at radius 1 is 1.43 bits per heavy atom. The lowest BCUT2D eigenvalue weighted by atomic mass is 10.2. The van der Waals surface area contributed by atoms with E-state index in [-0.39, 0.29) is 5.43 Å². The summed E-state index contributed by atoms with van der Waals surface area (Å²) in [5, 5.41) is 0.753. The molecule has 2 rings (SSSR count). The molecule has 0 aliphatic heterocycles. The van der Waals surface area contributed by atoms with Crippen molar-refractivity contribution in [2.75, 3.05) is 7.11 Å². The second-order valence-electron chi connectivity index (χ2n) is 2.78. The zero-order valence-corrected chi connectivity index (χ0v) is 8.38. The van der Waals surface area contributed by atoms with Crippen LogP contribution in [0.15, 0.2) is 38.6 Å². The molecule has 1 aromatic heterocycles. The molecule has 1 aromatic carbocycles. The average molecular weight is 208 g/mol. The Morgan fingerprint density at radius 2 is 2.21 bits per heavy atom. The molecular weight excluding hydrogens is 200 g/mol. The highest BCUT2D eigenvalue weighted by molar-refractivity contribution is 7.80. The number of thiol groups is 1. The highest BCUT2D eigenvalue weighted by Crippen LogP contribution is 2.23. The number of rotatable bonds is 1. The molecule has 0 spiro atoms. The van der Waals surface area contributed by atoms with Crippen LogP contribution in [0, 0.1) is 0 Å². The van der Waals surface area contributed by atoms with Crippen molar-refractivity contribution in [2.45, 2.75) is 5.09 Å². The van der Waals surface area contributed by atoms with Gasteiger partial charge in [-0.2, -0.15) is 0 Å². The van der Waals surface area contributed by atoms with E-state index in [9.17, 15) is 4.79 Å². The van der Waals surface area contributed by atoms with Gasteiger partial charge in [0.25, 0.3) is 0 Å². The third-order valence-corrected chi connectivity index (χ3v) is 2.14. The van der Waals surface area contributed by atoms with E-state index >= 15 is 0 Å². The molecule has 0 saturated carbocycles. The fourth-order valence-corrected chi connectivity index (χ4v) is 1.55. The fraction of sp³-hybridized carbons (Fsp3) is 0.100. The Bertz CT molecular complexity index is 530. The minimum Gasteiger partial charge on any atom is -0.496 e. The molecule has 2 aromatic rings. The number of ether oxygens (including phenoxy) is 1. The first kappa shape index (κ1) is 9.15. The van der Waals surface area contributed by atoms with E-state index in [1.807, 2.05) is 0 Å². The molecule has 4 heteroatoms. The van der Waals surface area contributed by atoms with Crippen LogP contribution in [-0.4, -0.2) is 7.11 Å². The maximum atomic E-state index is 11.6. The Hall–Kier alpha value is -1.42. The van der Waals surface area contributed by atoms with Gasteiger partial charge in [-0.3, -0.25) is 4.79 Å². The van der Waals surface area contributed by atoms with Crippen LogP contribution < -0.4 is 10.2 Å². The van der Waals surface area contributed by atoms with Gasteiger partial charge in [-0.05, 0) is 12.1 Å². The molecule has 0 aliphatic rings. The van der Waals surface area contributed by atoms with Gasteiger partial charge in [0.05, 0.1) is 7.11 Å². The molecule has 14 heavy (non-hydrogen) atoms. The Morgan fingerprint density at radius 3 is 2.93 bits per heavy atom. The van der Waals surface area contributed by atoms with Crippen LogP contribution in [0.2, 0.25) is 0 Å². The van der Waals surface area contributed by atoms with Crippen LogP contribution in [0.25, 0.3) is 11.0 Å². The fourth-order valence-electron chi connectivity index (χ4n) is 1.34. The molecule has 3 nitrogen and oxygen atoms in total. The smallest absolute Gasteiger partial charge is 0.197 e. The summed E-state index contributed by atoms with van der Waals surface area (Å²) >= 11 is 3.99. The molecule has 0 bridgehead atoms. The zero-order chi connectivity index (χ0) is 10.1. The molecule has 72 valence electrons. The van der Waals surface area contributed by atoms with E-state index in [0.29, 0.717) is 21.8 Å². The van der Waals surface area contributed by atoms with Crippen LogP contribution >= 0.6 is 12.6 Å². The predicted octanol–water partition coefficient (Wildman–Crippen LogP) is 2.09. The average Bonchev–Trinajstić information content (AvgIpc) is 2.16. The minimum atomic E-state index is -0.145.